The molecule has 0 fully saturated rings. The van der Waals surface area contributed by atoms with E-state index >= 15 is 0 Å². The number of rotatable bonds is 5. The molecule has 0 aromatic heterocycles. The Labute approximate surface area is 173 Å². The van der Waals surface area contributed by atoms with E-state index in [1.807, 2.05) is 54.6 Å². The number of ether oxygens (including phenoxy) is 1. The van der Waals surface area contributed by atoms with Gasteiger partial charge in [-0.3, -0.25) is 4.79 Å². The van der Waals surface area contributed by atoms with Crippen molar-refractivity contribution in [1.82, 2.24) is 0 Å². The van der Waals surface area contributed by atoms with E-state index in [4.69, 9.17) is 22.9 Å². The summed E-state index contributed by atoms with van der Waals surface area (Å²) in [5.41, 5.74) is 3.29. The third-order valence-corrected chi connectivity index (χ3v) is 4.59. The van der Waals surface area contributed by atoms with Crippen LogP contribution in [0, 0.1) is 6.57 Å². The van der Waals surface area contributed by atoms with Gasteiger partial charge in [-0.15, -0.1) is 0 Å². The first-order chi connectivity index (χ1) is 14.0. The summed E-state index contributed by atoms with van der Waals surface area (Å²) in [6.07, 6.45) is 0.115. The first-order valence-electron chi connectivity index (χ1n) is 8.75. The predicted molar refractivity (Wildman–Crippen MR) is 113 cm³/mol. The lowest BCUT2D eigenvalue weighted by molar-refractivity contribution is -0.115. The largest absolute Gasteiger partial charge is 0.465 e. The van der Waals surface area contributed by atoms with E-state index in [-0.39, 0.29) is 34.3 Å². The molecule has 0 spiro atoms. The molecule has 144 valence electrons. The van der Waals surface area contributed by atoms with Crippen LogP contribution in [0.4, 0.5) is 11.4 Å². The Kier molecular flexibility index (Phi) is 6.28. The van der Waals surface area contributed by atoms with Gasteiger partial charge in [0.15, 0.2) is 0 Å². The van der Waals surface area contributed by atoms with Gasteiger partial charge in [-0.1, -0.05) is 66.2 Å². The highest BCUT2D eigenvalue weighted by atomic mass is 35.5. The van der Waals surface area contributed by atoms with Gasteiger partial charge < -0.3 is 10.1 Å². The smallest absolute Gasteiger partial charge is 0.338 e. The van der Waals surface area contributed by atoms with Crippen molar-refractivity contribution in [3.05, 3.63) is 94.3 Å². The minimum absolute atomic E-state index is 0.0780. The van der Waals surface area contributed by atoms with Crippen molar-refractivity contribution in [1.29, 1.82) is 0 Å². The molecule has 0 bridgehead atoms. The lowest BCUT2D eigenvalue weighted by Gasteiger charge is -2.12. The molecule has 0 radical (unpaired) electrons. The quantitative estimate of drug-likeness (QED) is 0.449. The van der Waals surface area contributed by atoms with Gasteiger partial charge in [0.2, 0.25) is 11.6 Å². The molecule has 0 atom stereocenters. The monoisotopic (exact) mass is 404 g/mol. The van der Waals surface area contributed by atoms with Gasteiger partial charge in [0.05, 0.1) is 31.4 Å². The number of methoxy groups -OCH3 is 1. The van der Waals surface area contributed by atoms with Crippen LogP contribution in [0.1, 0.15) is 15.9 Å². The molecule has 0 aliphatic heterocycles. The molecule has 3 aromatic rings. The molecule has 0 aliphatic carbocycles. The summed E-state index contributed by atoms with van der Waals surface area (Å²) < 4.78 is 4.74. The van der Waals surface area contributed by atoms with Crippen molar-refractivity contribution >= 4 is 34.9 Å². The lowest BCUT2D eigenvalue weighted by atomic mass is 10.0. The highest BCUT2D eigenvalue weighted by molar-refractivity contribution is 6.34. The van der Waals surface area contributed by atoms with Crippen LogP contribution in [0.25, 0.3) is 16.0 Å². The molecule has 29 heavy (non-hydrogen) atoms. The van der Waals surface area contributed by atoms with Crippen molar-refractivity contribution in [3.8, 4) is 11.1 Å². The van der Waals surface area contributed by atoms with Crippen LogP contribution in [0.2, 0.25) is 5.02 Å². The Morgan fingerprint density at radius 1 is 1.03 bits per heavy atom. The maximum atomic E-state index is 12.6. The normalized spacial score (nSPS) is 10.1. The predicted octanol–water partition coefficient (Wildman–Crippen LogP) is 5.53. The zero-order valence-electron chi connectivity index (χ0n) is 15.6. The van der Waals surface area contributed by atoms with Crippen molar-refractivity contribution in [3.63, 3.8) is 0 Å². The molecule has 3 rings (SSSR count). The van der Waals surface area contributed by atoms with Crippen LogP contribution in [-0.4, -0.2) is 19.0 Å². The van der Waals surface area contributed by atoms with Gasteiger partial charge >= 0.3 is 5.97 Å². The molecule has 0 aliphatic rings. The number of nitrogens with one attached hydrogen (secondary N) is 1. The number of carbonyl (C=O) groups is 2. The van der Waals surface area contributed by atoms with E-state index in [2.05, 4.69) is 10.2 Å². The maximum absolute atomic E-state index is 12.6. The van der Waals surface area contributed by atoms with Gasteiger partial charge in [-0.05, 0) is 28.8 Å². The molecule has 0 unspecified atom stereocenters. The topological polar surface area (TPSA) is 59.8 Å². The first-order valence-corrected chi connectivity index (χ1v) is 9.13. The number of benzene rings is 3. The summed E-state index contributed by atoms with van der Waals surface area (Å²) in [5, 5.41) is 2.85. The molecular weight excluding hydrogens is 388 g/mol. The molecule has 5 nitrogen and oxygen atoms in total. The Morgan fingerprint density at radius 3 is 2.45 bits per heavy atom. The fraction of sp³-hybridized carbons (Fsp3) is 0.0870. The first kappa shape index (κ1) is 20.1. The molecule has 1 N–H and O–H groups in total. The van der Waals surface area contributed by atoms with E-state index in [1.165, 1.54) is 19.2 Å². The minimum Gasteiger partial charge on any atom is -0.465 e. The van der Waals surface area contributed by atoms with Crippen molar-refractivity contribution in [2.75, 3.05) is 12.4 Å². The second kappa shape index (κ2) is 9.05. The second-order valence-electron chi connectivity index (χ2n) is 6.24. The van der Waals surface area contributed by atoms with Crippen molar-refractivity contribution in [2.45, 2.75) is 6.42 Å². The number of hydrogen-bond acceptors (Lipinski definition) is 3. The van der Waals surface area contributed by atoms with Crippen LogP contribution in [0.15, 0.2) is 66.7 Å². The fourth-order valence-electron chi connectivity index (χ4n) is 2.90. The Morgan fingerprint density at radius 2 is 1.76 bits per heavy atom. The highest BCUT2D eigenvalue weighted by Gasteiger charge is 2.17. The summed E-state index contributed by atoms with van der Waals surface area (Å²) in [6, 6.07) is 20.3. The molecular formula is C23H17ClN2O3. The van der Waals surface area contributed by atoms with E-state index in [0.717, 1.165) is 16.7 Å². The van der Waals surface area contributed by atoms with Crippen molar-refractivity contribution in [2.24, 2.45) is 0 Å². The SMILES string of the molecule is [C-]#[N+]c1cc(C(=O)OC)c(NC(=O)Cc2cccc(-c3ccccc3)c2)cc1Cl. The number of esters is 1. The summed E-state index contributed by atoms with van der Waals surface area (Å²) in [7, 11) is 1.23. The van der Waals surface area contributed by atoms with E-state index < -0.39 is 5.97 Å². The molecule has 0 heterocycles. The number of carbonyl (C=O) groups excluding carboxylic acids is 2. The van der Waals surface area contributed by atoms with Gasteiger partial charge in [-0.2, -0.15) is 0 Å². The third-order valence-electron chi connectivity index (χ3n) is 4.29. The van der Waals surface area contributed by atoms with Crippen LogP contribution in [0.5, 0.6) is 0 Å². The van der Waals surface area contributed by atoms with Gasteiger partial charge in [-0.25, -0.2) is 9.64 Å². The van der Waals surface area contributed by atoms with Crippen LogP contribution >= 0.6 is 11.6 Å². The summed E-state index contributed by atoms with van der Waals surface area (Å²) in [6.45, 7) is 7.13. The molecule has 1 amide bonds. The summed E-state index contributed by atoms with van der Waals surface area (Å²) >= 11 is 6.06. The average molecular weight is 405 g/mol. The number of nitrogens with zero attached hydrogens (tertiary/aromatic N) is 1. The zero-order valence-corrected chi connectivity index (χ0v) is 16.4. The van der Waals surface area contributed by atoms with E-state index in [0.29, 0.717) is 0 Å². The van der Waals surface area contributed by atoms with Gasteiger partial charge in [0.1, 0.15) is 0 Å². The Bertz CT molecular complexity index is 1100. The second-order valence-corrected chi connectivity index (χ2v) is 6.65. The minimum atomic E-state index is -0.659. The molecule has 0 saturated heterocycles. The number of anilines is 1. The summed E-state index contributed by atoms with van der Waals surface area (Å²) in [5.74, 6) is -0.972. The number of amides is 1. The zero-order chi connectivity index (χ0) is 20.8. The van der Waals surface area contributed by atoms with E-state index in [1.54, 1.807) is 0 Å². The number of halogens is 1. The average Bonchev–Trinajstić information content (AvgIpc) is 2.74. The third kappa shape index (κ3) is 4.81. The van der Waals surface area contributed by atoms with Crippen molar-refractivity contribution < 1.29 is 14.3 Å². The number of hydrogen-bond donors (Lipinski definition) is 1. The Balaban J connectivity index is 1.82. The van der Waals surface area contributed by atoms with Crippen LogP contribution in [0.3, 0.4) is 0 Å². The van der Waals surface area contributed by atoms with Crippen LogP contribution < -0.4 is 5.32 Å². The molecule has 3 aromatic carbocycles. The van der Waals surface area contributed by atoms with Crippen LogP contribution in [-0.2, 0) is 16.0 Å². The fourth-order valence-corrected chi connectivity index (χ4v) is 3.11. The molecule has 6 heteroatoms. The van der Waals surface area contributed by atoms with E-state index in [9.17, 15) is 9.59 Å². The maximum Gasteiger partial charge on any atom is 0.338 e. The van der Waals surface area contributed by atoms with Gasteiger partial charge in [0.25, 0.3) is 0 Å². The molecule has 0 saturated carbocycles. The Hall–Kier alpha value is -3.62. The van der Waals surface area contributed by atoms with Gasteiger partial charge in [0, 0.05) is 5.02 Å². The highest BCUT2D eigenvalue weighted by Crippen LogP contribution is 2.32. The standard InChI is InChI=1S/C23H17ClN2O3/c1-25-21-13-18(23(28)29-2)20(14-19(21)24)26-22(27)12-15-7-6-10-17(11-15)16-8-4-3-5-9-16/h3-11,13-14H,12H2,2H3,(H,26,27). The lowest BCUT2D eigenvalue weighted by Crippen LogP contribution is -2.17. The summed E-state index contributed by atoms with van der Waals surface area (Å²) in [4.78, 5) is 27.9.